The van der Waals surface area contributed by atoms with Gasteiger partial charge in [-0.25, -0.2) is 0 Å². The minimum absolute atomic E-state index is 0. The second-order valence-corrected chi connectivity index (χ2v) is 10.4. The SMILES string of the molecule is Cc1nn(-c2[c-]c(Oc3[c-]c(Oc4[c-]ncc(C(C)C)c4)ccc3)ccc2)c(C)c1-c1ccc(-c2ccccc2)cc1.[Pt]. The summed E-state index contributed by atoms with van der Waals surface area (Å²) < 4.78 is 14.0. The first-order chi connectivity index (χ1) is 20.4. The fourth-order valence-electron chi connectivity index (χ4n) is 4.92. The summed E-state index contributed by atoms with van der Waals surface area (Å²) in [7, 11) is 0. The Kier molecular flexibility index (Phi) is 9.23. The molecule has 0 saturated heterocycles. The molecule has 0 amide bonds. The minimum atomic E-state index is 0. The van der Waals surface area contributed by atoms with E-state index >= 15 is 0 Å². The summed E-state index contributed by atoms with van der Waals surface area (Å²) in [5, 5.41) is 4.86. The van der Waals surface area contributed by atoms with Crippen molar-refractivity contribution >= 4 is 0 Å². The number of benzene rings is 4. The first-order valence-corrected chi connectivity index (χ1v) is 13.9. The Balaban J connectivity index is 0.00000368. The van der Waals surface area contributed by atoms with E-state index in [9.17, 15) is 0 Å². The van der Waals surface area contributed by atoms with Crippen LogP contribution in [-0.2, 0) is 21.1 Å². The van der Waals surface area contributed by atoms with Gasteiger partial charge in [-0.3, -0.25) is 4.68 Å². The molecule has 0 N–H and O–H groups in total. The maximum Gasteiger partial charge on any atom is 0.0678 e. The number of ether oxygens (including phenoxy) is 2. The standard InChI is InChI=1S/C37H30N3O2.Pt/c1-25(2)31-20-36(24-38-23-31)42-35-15-9-14-34(22-35)41-33-13-8-12-32(21-33)40-27(4)37(26(3)39-40)30-18-16-29(17-19-30)28-10-6-5-7-11-28;/h5-20,23,25H,1-4H3;/q-3;. The second kappa shape index (κ2) is 13.2. The van der Waals surface area contributed by atoms with Gasteiger partial charge in [0.25, 0.3) is 0 Å². The van der Waals surface area contributed by atoms with Crippen molar-refractivity contribution in [3.8, 4) is 50.9 Å². The van der Waals surface area contributed by atoms with Crippen molar-refractivity contribution in [2.45, 2.75) is 33.6 Å². The van der Waals surface area contributed by atoms with E-state index in [-0.39, 0.29) is 21.1 Å². The maximum absolute atomic E-state index is 6.14. The van der Waals surface area contributed by atoms with E-state index in [0.29, 0.717) is 28.9 Å². The molecule has 0 unspecified atom stereocenters. The molecule has 0 aliphatic heterocycles. The molecule has 0 radical (unpaired) electrons. The normalized spacial score (nSPS) is 10.8. The van der Waals surface area contributed by atoms with E-state index in [0.717, 1.165) is 33.8 Å². The zero-order valence-corrected chi connectivity index (χ0v) is 26.6. The molecule has 0 atom stereocenters. The monoisotopic (exact) mass is 743 g/mol. The van der Waals surface area contributed by atoms with Gasteiger partial charge in [-0.1, -0.05) is 80.7 Å². The van der Waals surface area contributed by atoms with Crippen LogP contribution in [0.5, 0.6) is 23.0 Å². The third-order valence-corrected chi connectivity index (χ3v) is 7.09. The van der Waals surface area contributed by atoms with Gasteiger partial charge >= 0.3 is 0 Å². The fourth-order valence-corrected chi connectivity index (χ4v) is 4.92. The molecule has 0 aliphatic rings. The van der Waals surface area contributed by atoms with Crippen LogP contribution in [0.3, 0.4) is 0 Å². The molecule has 5 nitrogen and oxygen atoms in total. The zero-order valence-electron chi connectivity index (χ0n) is 24.4. The summed E-state index contributed by atoms with van der Waals surface area (Å²) in [6.45, 7) is 8.34. The van der Waals surface area contributed by atoms with Crippen LogP contribution < -0.4 is 9.47 Å². The molecule has 4 aromatic carbocycles. The number of nitrogens with zero attached hydrogens (tertiary/aromatic N) is 3. The molecule has 0 bridgehead atoms. The third-order valence-electron chi connectivity index (χ3n) is 7.09. The topological polar surface area (TPSA) is 49.2 Å². The summed E-state index contributed by atoms with van der Waals surface area (Å²) in [6.07, 6.45) is 4.69. The van der Waals surface area contributed by atoms with Gasteiger partial charge in [0.05, 0.1) is 5.69 Å². The summed E-state index contributed by atoms with van der Waals surface area (Å²) in [6, 6.07) is 38.8. The van der Waals surface area contributed by atoms with E-state index in [4.69, 9.17) is 14.6 Å². The van der Waals surface area contributed by atoms with Crippen LogP contribution in [0.1, 0.15) is 36.7 Å². The van der Waals surface area contributed by atoms with Crippen LogP contribution in [0.2, 0.25) is 0 Å². The van der Waals surface area contributed by atoms with Gasteiger partial charge in [-0.05, 0) is 48.3 Å². The average molecular weight is 744 g/mol. The molecule has 218 valence electrons. The predicted molar refractivity (Wildman–Crippen MR) is 165 cm³/mol. The predicted octanol–water partition coefficient (Wildman–Crippen LogP) is 9.32. The van der Waals surface area contributed by atoms with Crippen molar-refractivity contribution < 1.29 is 30.5 Å². The molecule has 0 aliphatic carbocycles. The number of rotatable bonds is 8. The van der Waals surface area contributed by atoms with Crippen molar-refractivity contribution in [3.05, 3.63) is 139 Å². The van der Waals surface area contributed by atoms with E-state index in [1.54, 1.807) is 6.20 Å². The van der Waals surface area contributed by atoms with Crippen LogP contribution in [0, 0.1) is 32.2 Å². The van der Waals surface area contributed by atoms with E-state index < -0.39 is 0 Å². The van der Waals surface area contributed by atoms with E-state index in [1.165, 1.54) is 11.1 Å². The number of hydrogen-bond donors (Lipinski definition) is 0. The Morgan fingerprint density at radius 2 is 1.28 bits per heavy atom. The van der Waals surface area contributed by atoms with Gasteiger partial charge in [0.2, 0.25) is 0 Å². The summed E-state index contributed by atoms with van der Waals surface area (Å²) in [5.74, 6) is 2.47. The Labute approximate surface area is 267 Å². The quantitative estimate of drug-likeness (QED) is 0.146. The molecule has 0 saturated carbocycles. The van der Waals surface area contributed by atoms with Crippen LogP contribution in [0.15, 0.2) is 103 Å². The first kappa shape index (κ1) is 30.0. The molecule has 0 spiro atoms. The summed E-state index contributed by atoms with van der Waals surface area (Å²) in [4.78, 5) is 4.17. The van der Waals surface area contributed by atoms with Gasteiger partial charge in [0.1, 0.15) is 0 Å². The average Bonchev–Trinajstić information content (AvgIpc) is 3.31. The third kappa shape index (κ3) is 6.79. The first-order valence-electron chi connectivity index (χ1n) is 13.9. The van der Waals surface area contributed by atoms with E-state index in [1.807, 2.05) is 60.1 Å². The second-order valence-electron chi connectivity index (χ2n) is 10.4. The molecular weight excluding hydrogens is 714 g/mol. The maximum atomic E-state index is 6.14. The Bertz CT molecular complexity index is 1830. The van der Waals surface area contributed by atoms with Crippen LogP contribution >= 0.6 is 0 Å². The van der Waals surface area contributed by atoms with Crippen LogP contribution in [-0.4, -0.2) is 14.8 Å². The molecule has 2 aromatic heterocycles. The summed E-state index contributed by atoms with van der Waals surface area (Å²) >= 11 is 0. The van der Waals surface area contributed by atoms with Crippen molar-refractivity contribution in [2.24, 2.45) is 0 Å². The van der Waals surface area contributed by atoms with Gasteiger partial charge in [-0.15, -0.1) is 42.0 Å². The molecule has 0 fully saturated rings. The number of pyridine rings is 1. The van der Waals surface area contributed by atoms with E-state index in [2.05, 4.69) is 92.6 Å². The molecule has 43 heavy (non-hydrogen) atoms. The molecular formula is C37H30N3O2Pt-3. The van der Waals surface area contributed by atoms with Crippen molar-refractivity contribution in [1.29, 1.82) is 0 Å². The Hall–Kier alpha value is -4.47. The van der Waals surface area contributed by atoms with Crippen molar-refractivity contribution in [2.75, 3.05) is 0 Å². The van der Waals surface area contributed by atoms with Crippen LogP contribution in [0.4, 0.5) is 0 Å². The molecule has 2 heterocycles. The van der Waals surface area contributed by atoms with Gasteiger partial charge in [0, 0.05) is 55.3 Å². The largest absolute Gasteiger partial charge is 0.509 e. The fraction of sp³-hybridized carbons (Fsp3) is 0.135. The van der Waals surface area contributed by atoms with Crippen LogP contribution in [0.25, 0.3) is 27.9 Å². The Morgan fingerprint density at radius 3 is 1.98 bits per heavy atom. The van der Waals surface area contributed by atoms with Gasteiger partial charge in [0.15, 0.2) is 0 Å². The number of aromatic nitrogens is 3. The number of aryl methyl sites for hydroxylation is 1. The molecule has 6 aromatic rings. The Morgan fingerprint density at radius 1 is 0.674 bits per heavy atom. The van der Waals surface area contributed by atoms with Gasteiger partial charge in [-0.2, -0.15) is 17.2 Å². The smallest absolute Gasteiger partial charge is 0.0678 e. The zero-order chi connectivity index (χ0) is 29.1. The summed E-state index contributed by atoms with van der Waals surface area (Å²) in [5.41, 5.74) is 8.48. The van der Waals surface area contributed by atoms with Crippen molar-refractivity contribution in [3.63, 3.8) is 0 Å². The molecule has 6 rings (SSSR count). The minimum Gasteiger partial charge on any atom is -0.509 e. The van der Waals surface area contributed by atoms with Gasteiger partial charge < -0.3 is 14.5 Å². The molecule has 6 heteroatoms. The van der Waals surface area contributed by atoms with Crippen molar-refractivity contribution in [1.82, 2.24) is 14.8 Å². The number of hydrogen-bond acceptors (Lipinski definition) is 4.